The number of rotatable bonds is 6. The molecule has 1 aromatic rings. The van der Waals surface area contributed by atoms with Crippen LogP contribution in [0, 0.1) is 0 Å². The highest BCUT2D eigenvalue weighted by Crippen LogP contribution is 2.07. The Morgan fingerprint density at radius 2 is 2.20 bits per heavy atom. The highest BCUT2D eigenvalue weighted by atomic mass is 16.3. The molecule has 4 nitrogen and oxygen atoms in total. The van der Waals surface area contributed by atoms with Gasteiger partial charge in [-0.05, 0) is 25.3 Å². The van der Waals surface area contributed by atoms with E-state index < -0.39 is 6.10 Å². The average molecular weight is 211 g/mol. The van der Waals surface area contributed by atoms with Gasteiger partial charge in [0.25, 0.3) is 0 Å². The molecular weight excluding hydrogens is 190 g/mol. The van der Waals surface area contributed by atoms with Crippen LogP contribution in [-0.4, -0.2) is 27.5 Å². The summed E-state index contributed by atoms with van der Waals surface area (Å²) in [7, 11) is 0. The molecule has 1 unspecified atom stereocenters. The van der Waals surface area contributed by atoms with Gasteiger partial charge in [0, 0.05) is 18.8 Å². The lowest BCUT2D eigenvalue weighted by atomic mass is 10.2. The Morgan fingerprint density at radius 1 is 1.47 bits per heavy atom. The molecule has 0 bridgehead atoms. The number of nitrogens with two attached hydrogens (primary N) is 1. The van der Waals surface area contributed by atoms with Gasteiger partial charge in [0.2, 0.25) is 0 Å². The van der Waals surface area contributed by atoms with Gasteiger partial charge in [0.05, 0.1) is 11.8 Å². The van der Waals surface area contributed by atoms with Gasteiger partial charge in [-0.3, -0.25) is 4.68 Å². The van der Waals surface area contributed by atoms with Crippen LogP contribution in [0.15, 0.2) is 6.07 Å². The fourth-order valence-corrected chi connectivity index (χ4v) is 1.56. The van der Waals surface area contributed by atoms with Crippen LogP contribution < -0.4 is 5.73 Å². The minimum Gasteiger partial charge on any atom is -0.392 e. The van der Waals surface area contributed by atoms with Crippen LogP contribution >= 0.6 is 0 Å². The third-order valence-corrected chi connectivity index (χ3v) is 2.58. The van der Waals surface area contributed by atoms with Crippen LogP contribution in [0.5, 0.6) is 0 Å². The van der Waals surface area contributed by atoms with Gasteiger partial charge in [-0.15, -0.1) is 0 Å². The first-order valence-corrected chi connectivity index (χ1v) is 5.65. The van der Waals surface area contributed by atoms with Crippen molar-refractivity contribution in [1.82, 2.24) is 9.78 Å². The molecule has 3 N–H and O–H groups in total. The number of aryl methyl sites for hydroxylation is 3. The summed E-state index contributed by atoms with van der Waals surface area (Å²) in [5, 5.41) is 13.9. The summed E-state index contributed by atoms with van der Waals surface area (Å²) in [5.74, 6) is 0. The lowest BCUT2D eigenvalue weighted by Gasteiger charge is -2.09. The van der Waals surface area contributed by atoms with Crippen molar-refractivity contribution in [3.63, 3.8) is 0 Å². The summed E-state index contributed by atoms with van der Waals surface area (Å²) in [6.45, 7) is 5.29. The third-order valence-electron chi connectivity index (χ3n) is 2.58. The van der Waals surface area contributed by atoms with E-state index in [9.17, 15) is 5.11 Å². The zero-order chi connectivity index (χ0) is 11.3. The highest BCUT2D eigenvalue weighted by Gasteiger charge is 2.07. The minimum absolute atomic E-state index is 0.323. The predicted molar refractivity (Wildman–Crippen MR) is 60.7 cm³/mol. The van der Waals surface area contributed by atoms with E-state index in [0.29, 0.717) is 13.0 Å². The summed E-state index contributed by atoms with van der Waals surface area (Å²) < 4.78 is 1.98. The number of aromatic nitrogens is 2. The van der Waals surface area contributed by atoms with Crippen LogP contribution in [0.4, 0.5) is 0 Å². The molecule has 4 heteroatoms. The monoisotopic (exact) mass is 211 g/mol. The molecule has 1 atom stereocenters. The summed E-state index contributed by atoms with van der Waals surface area (Å²) in [6.07, 6.45) is 2.20. The van der Waals surface area contributed by atoms with Gasteiger partial charge in [0.15, 0.2) is 0 Å². The summed E-state index contributed by atoms with van der Waals surface area (Å²) >= 11 is 0. The van der Waals surface area contributed by atoms with Crippen LogP contribution in [-0.2, 0) is 19.4 Å². The van der Waals surface area contributed by atoms with Crippen molar-refractivity contribution >= 4 is 0 Å². The fourth-order valence-electron chi connectivity index (χ4n) is 1.56. The number of aliphatic hydroxyl groups excluding tert-OH is 1. The Hall–Kier alpha value is -0.870. The van der Waals surface area contributed by atoms with Crippen molar-refractivity contribution in [3.8, 4) is 0 Å². The topological polar surface area (TPSA) is 64.1 Å². The quantitative estimate of drug-likeness (QED) is 0.728. The maximum atomic E-state index is 9.38. The van der Waals surface area contributed by atoms with Gasteiger partial charge in [-0.1, -0.05) is 13.8 Å². The standard InChI is InChI=1S/C11H21N3O/c1-3-9-7-10(4-2)14(13-9)6-5-11(15)8-12/h7,11,15H,3-6,8,12H2,1-2H3. The Kier molecular flexibility index (Phi) is 4.78. The van der Waals surface area contributed by atoms with Crippen molar-refractivity contribution in [2.45, 2.75) is 45.8 Å². The van der Waals surface area contributed by atoms with Crippen molar-refractivity contribution < 1.29 is 5.11 Å². The minimum atomic E-state index is -0.413. The second-order valence-electron chi connectivity index (χ2n) is 3.74. The van der Waals surface area contributed by atoms with E-state index in [2.05, 4.69) is 25.0 Å². The molecule has 0 aliphatic carbocycles. The molecule has 0 saturated heterocycles. The first-order valence-electron chi connectivity index (χ1n) is 5.65. The van der Waals surface area contributed by atoms with Gasteiger partial charge in [0.1, 0.15) is 0 Å². The summed E-state index contributed by atoms with van der Waals surface area (Å²) in [4.78, 5) is 0. The number of hydrogen-bond donors (Lipinski definition) is 2. The van der Waals surface area contributed by atoms with E-state index in [4.69, 9.17) is 5.73 Å². The third kappa shape index (κ3) is 3.32. The number of aliphatic hydroxyl groups is 1. The first-order chi connectivity index (χ1) is 7.21. The molecule has 1 aromatic heterocycles. The molecule has 15 heavy (non-hydrogen) atoms. The lowest BCUT2D eigenvalue weighted by Crippen LogP contribution is -2.22. The molecule has 0 aromatic carbocycles. The number of hydrogen-bond acceptors (Lipinski definition) is 3. The summed E-state index contributed by atoms with van der Waals surface area (Å²) in [5.41, 5.74) is 7.71. The van der Waals surface area contributed by atoms with Gasteiger partial charge < -0.3 is 10.8 Å². The molecule has 0 radical (unpaired) electrons. The van der Waals surface area contributed by atoms with Crippen molar-refractivity contribution in [1.29, 1.82) is 0 Å². The van der Waals surface area contributed by atoms with Gasteiger partial charge >= 0.3 is 0 Å². The van der Waals surface area contributed by atoms with E-state index in [1.54, 1.807) is 0 Å². The molecule has 1 rings (SSSR count). The Morgan fingerprint density at radius 3 is 2.73 bits per heavy atom. The zero-order valence-electron chi connectivity index (χ0n) is 9.61. The molecule has 86 valence electrons. The lowest BCUT2D eigenvalue weighted by molar-refractivity contribution is 0.164. The van der Waals surface area contributed by atoms with Gasteiger partial charge in [-0.25, -0.2) is 0 Å². The van der Waals surface area contributed by atoms with Crippen molar-refractivity contribution in [2.75, 3.05) is 6.54 Å². The van der Waals surface area contributed by atoms with Crippen molar-refractivity contribution in [3.05, 3.63) is 17.5 Å². The Bertz CT molecular complexity index is 296. The largest absolute Gasteiger partial charge is 0.392 e. The SMILES string of the molecule is CCc1cc(CC)n(CCC(O)CN)n1. The fraction of sp³-hybridized carbons (Fsp3) is 0.727. The normalized spacial score (nSPS) is 13.1. The van der Waals surface area contributed by atoms with E-state index >= 15 is 0 Å². The van der Waals surface area contributed by atoms with Crippen LogP contribution in [0.3, 0.4) is 0 Å². The van der Waals surface area contributed by atoms with E-state index in [0.717, 1.165) is 25.1 Å². The van der Waals surface area contributed by atoms with Crippen LogP contribution in [0.2, 0.25) is 0 Å². The molecule has 0 aliphatic rings. The zero-order valence-corrected chi connectivity index (χ0v) is 9.61. The maximum Gasteiger partial charge on any atom is 0.0680 e. The van der Waals surface area contributed by atoms with Crippen LogP contribution in [0.25, 0.3) is 0 Å². The molecular formula is C11H21N3O. The highest BCUT2D eigenvalue weighted by molar-refractivity contribution is 5.10. The smallest absolute Gasteiger partial charge is 0.0680 e. The van der Waals surface area contributed by atoms with Crippen LogP contribution in [0.1, 0.15) is 31.7 Å². The predicted octanol–water partition coefficient (Wildman–Crippen LogP) is 0.718. The second kappa shape index (κ2) is 5.88. The Balaban J connectivity index is 2.62. The second-order valence-corrected chi connectivity index (χ2v) is 3.74. The molecule has 0 aliphatic heterocycles. The number of nitrogens with zero attached hydrogens (tertiary/aromatic N) is 2. The van der Waals surface area contributed by atoms with Gasteiger partial charge in [-0.2, -0.15) is 5.10 Å². The van der Waals surface area contributed by atoms with E-state index in [1.165, 1.54) is 5.69 Å². The van der Waals surface area contributed by atoms with E-state index in [-0.39, 0.29) is 0 Å². The average Bonchev–Trinajstić information content (AvgIpc) is 2.68. The molecule has 0 amide bonds. The maximum absolute atomic E-state index is 9.38. The van der Waals surface area contributed by atoms with Crippen molar-refractivity contribution in [2.24, 2.45) is 5.73 Å². The molecule has 0 fully saturated rings. The first kappa shape index (κ1) is 12.2. The Labute approximate surface area is 91.1 Å². The van der Waals surface area contributed by atoms with E-state index in [1.807, 2.05) is 4.68 Å². The summed E-state index contributed by atoms with van der Waals surface area (Å²) in [6, 6.07) is 2.13. The molecule has 1 heterocycles. The molecule has 0 spiro atoms. The molecule has 0 saturated carbocycles.